The predicted molar refractivity (Wildman–Crippen MR) is 106 cm³/mol. The molecule has 9 nitrogen and oxygen atoms in total. The van der Waals surface area contributed by atoms with E-state index in [0.717, 1.165) is 5.56 Å². The van der Waals surface area contributed by atoms with Gasteiger partial charge in [0, 0.05) is 16.6 Å². The lowest BCUT2D eigenvalue weighted by Gasteiger charge is -2.25. The number of rotatable bonds is 5. The molecule has 3 aromatic heterocycles. The summed E-state index contributed by atoms with van der Waals surface area (Å²) >= 11 is 5.98. The summed E-state index contributed by atoms with van der Waals surface area (Å²) in [4.78, 5) is 19.4. The Hall–Kier alpha value is -3.46. The Morgan fingerprint density at radius 2 is 1.86 bits per heavy atom. The molecule has 3 heterocycles. The fourth-order valence-electron chi connectivity index (χ4n) is 3.10. The third kappa shape index (κ3) is 3.52. The standard InChI is InChI=1S/C19H17ClN6O3/c1-19(2,12-3-5-13(20)6-4-12)10-26-15-14(8-22-26)23-18(24-16(15)27)25-9-11(7-21-25)17(28)29/h3-9H,10H2,1-2H3,(H,28,29)(H,23,24,27). The van der Waals surface area contributed by atoms with Gasteiger partial charge in [0.1, 0.15) is 11.0 Å². The van der Waals surface area contributed by atoms with Crippen molar-refractivity contribution in [2.24, 2.45) is 0 Å². The van der Waals surface area contributed by atoms with Crippen LogP contribution >= 0.6 is 11.6 Å². The van der Waals surface area contributed by atoms with Gasteiger partial charge in [0.25, 0.3) is 5.95 Å². The number of carbonyl (C=O) groups is 1. The summed E-state index contributed by atoms with van der Waals surface area (Å²) in [6.45, 7) is 4.60. The number of fused-ring (bicyclic) bond motifs is 1. The molecule has 2 N–H and O–H groups in total. The molecular formula is C19H17ClN6O3. The van der Waals surface area contributed by atoms with Crippen molar-refractivity contribution in [3.8, 4) is 11.8 Å². The highest BCUT2D eigenvalue weighted by Crippen LogP contribution is 2.29. The van der Waals surface area contributed by atoms with E-state index in [9.17, 15) is 9.90 Å². The second-order valence-corrected chi connectivity index (χ2v) is 7.69. The number of aromatic nitrogens is 6. The maximum Gasteiger partial charge on any atom is 0.338 e. The molecule has 0 aliphatic rings. The number of nitrogens with zero attached hydrogens (tertiary/aromatic N) is 6. The monoisotopic (exact) mass is 412 g/mol. The van der Waals surface area contributed by atoms with Gasteiger partial charge in [0.15, 0.2) is 0 Å². The fourth-order valence-corrected chi connectivity index (χ4v) is 3.23. The Morgan fingerprint density at radius 3 is 2.52 bits per heavy atom. The summed E-state index contributed by atoms with van der Waals surface area (Å²) in [7, 11) is 0. The quantitative estimate of drug-likeness (QED) is 0.517. The number of aromatic hydroxyl groups is 1. The van der Waals surface area contributed by atoms with Crippen LogP contribution in [0.25, 0.3) is 17.0 Å². The normalized spacial score (nSPS) is 11.8. The van der Waals surface area contributed by atoms with Crippen LogP contribution < -0.4 is 0 Å². The molecule has 0 aliphatic heterocycles. The molecule has 4 rings (SSSR count). The van der Waals surface area contributed by atoms with Gasteiger partial charge in [-0.2, -0.15) is 15.2 Å². The highest BCUT2D eigenvalue weighted by Gasteiger charge is 2.24. The zero-order valence-corrected chi connectivity index (χ0v) is 16.4. The molecule has 0 unspecified atom stereocenters. The molecule has 0 bridgehead atoms. The van der Waals surface area contributed by atoms with Crippen LogP contribution in [0.5, 0.6) is 5.88 Å². The summed E-state index contributed by atoms with van der Waals surface area (Å²) in [6.07, 6.45) is 3.99. The van der Waals surface area contributed by atoms with Gasteiger partial charge in [0.05, 0.1) is 24.5 Å². The highest BCUT2D eigenvalue weighted by atomic mass is 35.5. The summed E-state index contributed by atoms with van der Waals surface area (Å²) in [6, 6.07) is 7.59. The second-order valence-electron chi connectivity index (χ2n) is 7.25. The predicted octanol–water partition coefficient (Wildman–Crippen LogP) is 3.05. The fraction of sp³-hybridized carbons (Fsp3) is 0.211. The molecule has 0 saturated carbocycles. The first-order valence-corrected chi connectivity index (χ1v) is 9.09. The minimum atomic E-state index is -1.11. The minimum Gasteiger partial charge on any atom is -0.492 e. The molecule has 10 heteroatoms. The van der Waals surface area contributed by atoms with Gasteiger partial charge in [-0.25, -0.2) is 14.5 Å². The van der Waals surface area contributed by atoms with Gasteiger partial charge < -0.3 is 10.2 Å². The average Bonchev–Trinajstić information content (AvgIpc) is 3.29. The maximum absolute atomic E-state index is 11.0. The van der Waals surface area contributed by atoms with Crippen molar-refractivity contribution in [3.63, 3.8) is 0 Å². The van der Waals surface area contributed by atoms with E-state index >= 15 is 0 Å². The molecular weight excluding hydrogens is 396 g/mol. The van der Waals surface area contributed by atoms with E-state index in [1.165, 1.54) is 23.3 Å². The number of carboxylic acid groups (broad SMARTS) is 1. The van der Waals surface area contributed by atoms with Gasteiger partial charge in [-0.05, 0) is 17.7 Å². The van der Waals surface area contributed by atoms with E-state index in [4.69, 9.17) is 16.7 Å². The molecule has 0 saturated heterocycles. The van der Waals surface area contributed by atoms with Gasteiger partial charge in [-0.15, -0.1) is 0 Å². The molecule has 0 atom stereocenters. The zero-order valence-electron chi connectivity index (χ0n) is 15.6. The largest absolute Gasteiger partial charge is 0.492 e. The molecule has 1 aromatic carbocycles. The Labute approximate surface area is 170 Å². The average molecular weight is 413 g/mol. The van der Waals surface area contributed by atoms with Crippen LogP contribution in [0.15, 0.2) is 42.9 Å². The van der Waals surface area contributed by atoms with Gasteiger partial charge >= 0.3 is 5.97 Å². The third-order valence-electron chi connectivity index (χ3n) is 4.66. The maximum atomic E-state index is 11.0. The molecule has 4 aromatic rings. The van der Waals surface area contributed by atoms with Crippen LogP contribution in [0, 0.1) is 0 Å². The van der Waals surface area contributed by atoms with Crippen molar-refractivity contribution in [1.82, 2.24) is 29.5 Å². The number of hydrogen-bond donors (Lipinski definition) is 2. The Balaban J connectivity index is 1.70. The molecule has 0 aliphatic carbocycles. The number of hydrogen-bond acceptors (Lipinski definition) is 6. The number of carboxylic acids is 1. The number of benzene rings is 1. The van der Waals surface area contributed by atoms with E-state index in [1.54, 1.807) is 4.68 Å². The van der Waals surface area contributed by atoms with E-state index in [2.05, 4.69) is 34.0 Å². The van der Waals surface area contributed by atoms with Crippen LogP contribution in [-0.4, -0.2) is 45.7 Å². The minimum absolute atomic E-state index is 0.00593. The lowest BCUT2D eigenvalue weighted by atomic mass is 9.84. The molecule has 0 amide bonds. The van der Waals surface area contributed by atoms with E-state index < -0.39 is 5.97 Å². The van der Waals surface area contributed by atoms with Crippen LogP contribution in [0.2, 0.25) is 5.02 Å². The highest BCUT2D eigenvalue weighted by molar-refractivity contribution is 6.30. The van der Waals surface area contributed by atoms with Crippen molar-refractivity contribution in [3.05, 3.63) is 59.0 Å². The third-order valence-corrected chi connectivity index (χ3v) is 4.92. The van der Waals surface area contributed by atoms with Gasteiger partial charge in [-0.3, -0.25) is 4.68 Å². The SMILES string of the molecule is CC(C)(Cn1ncc2nc(-n3cc(C(=O)O)cn3)nc(O)c21)c1ccc(Cl)cc1. The first kappa shape index (κ1) is 18.9. The summed E-state index contributed by atoms with van der Waals surface area (Å²) in [5.41, 5.74) is 1.58. The van der Waals surface area contributed by atoms with E-state index in [0.29, 0.717) is 22.6 Å². The van der Waals surface area contributed by atoms with Crippen LogP contribution in [0.1, 0.15) is 29.8 Å². The molecule has 29 heavy (non-hydrogen) atoms. The van der Waals surface area contributed by atoms with Crippen LogP contribution in [-0.2, 0) is 12.0 Å². The van der Waals surface area contributed by atoms with Crippen molar-refractivity contribution >= 4 is 28.6 Å². The molecule has 0 radical (unpaired) electrons. The first-order valence-electron chi connectivity index (χ1n) is 8.71. The topological polar surface area (TPSA) is 119 Å². The summed E-state index contributed by atoms with van der Waals surface area (Å²) < 4.78 is 2.84. The lowest BCUT2D eigenvalue weighted by Crippen LogP contribution is -2.25. The van der Waals surface area contributed by atoms with E-state index in [-0.39, 0.29) is 22.8 Å². The van der Waals surface area contributed by atoms with Gasteiger partial charge in [-0.1, -0.05) is 37.6 Å². The van der Waals surface area contributed by atoms with Crippen molar-refractivity contribution in [1.29, 1.82) is 0 Å². The lowest BCUT2D eigenvalue weighted by molar-refractivity contribution is 0.0697. The Bertz CT molecular complexity index is 1210. The molecule has 0 spiro atoms. The smallest absolute Gasteiger partial charge is 0.338 e. The number of halogens is 1. The molecule has 148 valence electrons. The van der Waals surface area contributed by atoms with Gasteiger partial charge in [0.2, 0.25) is 5.88 Å². The van der Waals surface area contributed by atoms with Crippen molar-refractivity contribution in [2.75, 3.05) is 0 Å². The first-order chi connectivity index (χ1) is 13.7. The summed E-state index contributed by atoms with van der Waals surface area (Å²) in [5.74, 6) is -1.32. The second kappa shape index (κ2) is 6.85. The number of aromatic carboxylic acids is 1. The zero-order chi connectivity index (χ0) is 20.8. The van der Waals surface area contributed by atoms with Crippen molar-refractivity contribution in [2.45, 2.75) is 25.8 Å². The Kier molecular flexibility index (Phi) is 4.46. The summed E-state index contributed by atoms with van der Waals surface area (Å²) in [5, 5.41) is 28.5. The van der Waals surface area contributed by atoms with E-state index in [1.807, 2.05) is 24.3 Å². The van der Waals surface area contributed by atoms with Crippen LogP contribution in [0.4, 0.5) is 0 Å². The molecule has 0 fully saturated rings. The van der Waals surface area contributed by atoms with Crippen molar-refractivity contribution < 1.29 is 15.0 Å². The van der Waals surface area contributed by atoms with Crippen LogP contribution in [0.3, 0.4) is 0 Å². The Morgan fingerprint density at radius 1 is 1.14 bits per heavy atom.